The van der Waals surface area contributed by atoms with Gasteiger partial charge in [0.15, 0.2) is 0 Å². The Kier molecular flexibility index (Phi) is 3.71. The van der Waals surface area contributed by atoms with Gasteiger partial charge in [0.25, 0.3) is 0 Å². The van der Waals surface area contributed by atoms with E-state index in [1.54, 1.807) is 23.1 Å². The topological polar surface area (TPSA) is 65.1 Å². The van der Waals surface area contributed by atoms with E-state index < -0.39 is 0 Å². The summed E-state index contributed by atoms with van der Waals surface area (Å²) in [5.74, 6) is 0.767. The van der Waals surface area contributed by atoms with Crippen LogP contribution in [0, 0.1) is 5.41 Å². The molecule has 25 heavy (non-hydrogen) atoms. The molecule has 3 aromatic rings. The normalized spacial score (nSPS) is 14.8. The minimum absolute atomic E-state index is 0.0828. The molecule has 2 aromatic carbocycles. The Morgan fingerprint density at radius 2 is 1.88 bits per heavy atom. The molecule has 2 heterocycles. The van der Waals surface area contributed by atoms with Crippen molar-refractivity contribution in [2.45, 2.75) is 0 Å². The van der Waals surface area contributed by atoms with Crippen LogP contribution in [0.15, 0.2) is 48.2 Å². The molecule has 0 bridgehead atoms. The van der Waals surface area contributed by atoms with Crippen LogP contribution in [0.1, 0.15) is 5.82 Å². The summed E-state index contributed by atoms with van der Waals surface area (Å²) in [6.07, 6.45) is 0. The van der Waals surface area contributed by atoms with Crippen molar-refractivity contribution in [2.24, 2.45) is 7.05 Å². The summed E-state index contributed by atoms with van der Waals surface area (Å²) in [7, 11) is 1.87. The van der Waals surface area contributed by atoms with Gasteiger partial charge in [-0.1, -0.05) is 41.4 Å². The Labute approximate surface area is 154 Å². The van der Waals surface area contributed by atoms with Gasteiger partial charge in [-0.05, 0) is 24.3 Å². The number of halogens is 2. The first-order valence-corrected chi connectivity index (χ1v) is 8.39. The molecule has 4 rings (SSSR count). The van der Waals surface area contributed by atoms with Gasteiger partial charge in [0.2, 0.25) is 0 Å². The van der Waals surface area contributed by atoms with Crippen LogP contribution >= 0.6 is 23.2 Å². The average Bonchev–Trinajstić information content (AvgIpc) is 3.07. The van der Waals surface area contributed by atoms with E-state index in [0.717, 1.165) is 11.0 Å². The maximum absolute atomic E-state index is 10.5. The van der Waals surface area contributed by atoms with Crippen molar-refractivity contribution in [3.63, 3.8) is 0 Å². The number of aromatic nitrogens is 2. The Hall–Kier alpha value is -2.50. The highest BCUT2D eigenvalue weighted by Crippen LogP contribution is 2.37. The zero-order valence-corrected chi connectivity index (χ0v) is 14.8. The number of para-hydroxylation sites is 2. The summed E-state index contributed by atoms with van der Waals surface area (Å²) in [5.41, 5.74) is 2.73. The van der Waals surface area contributed by atoms with Crippen LogP contribution in [0.5, 0.6) is 0 Å². The molecule has 0 atom stereocenters. The zero-order valence-electron chi connectivity index (χ0n) is 13.3. The first-order chi connectivity index (χ1) is 12.0. The Morgan fingerprint density at radius 1 is 1.12 bits per heavy atom. The zero-order chi connectivity index (χ0) is 17.7. The van der Waals surface area contributed by atoms with Crippen LogP contribution in [0.3, 0.4) is 0 Å². The van der Waals surface area contributed by atoms with E-state index in [1.807, 2.05) is 35.9 Å². The second-order valence-electron chi connectivity index (χ2n) is 5.81. The summed E-state index contributed by atoms with van der Waals surface area (Å²) in [5, 5.41) is 19.8. The van der Waals surface area contributed by atoms with Crippen LogP contribution in [-0.4, -0.2) is 27.0 Å². The lowest BCUT2D eigenvalue weighted by atomic mass is 10.2. The molecule has 0 saturated carbocycles. The molecule has 0 radical (unpaired) electrons. The summed E-state index contributed by atoms with van der Waals surface area (Å²) in [4.78, 5) is 6.20. The number of rotatable bonds is 2. The number of aliphatic hydroxyl groups excluding tert-OH is 1. The fraction of sp³-hybridized carbons (Fsp3) is 0.111. The third-order valence-electron chi connectivity index (χ3n) is 4.34. The lowest BCUT2D eigenvalue weighted by Gasteiger charge is -2.20. The van der Waals surface area contributed by atoms with E-state index in [-0.39, 0.29) is 18.1 Å². The number of benzene rings is 2. The predicted octanol–water partition coefficient (Wildman–Crippen LogP) is 4.65. The Bertz CT molecular complexity index is 1050. The van der Waals surface area contributed by atoms with Gasteiger partial charge < -0.3 is 14.6 Å². The molecule has 0 saturated heterocycles. The average molecular weight is 373 g/mol. The van der Waals surface area contributed by atoms with Gasteiger partial charge in [0.1, 0.15) is 17.4 Å². The summed E-state index contributed by atoms with van der Waals surface area (Å²) >= 11 is 12.4. The number of imidazole rings is 1. The van der Waals surface area contributed by atoms with Gasteiger partial charge in [-0.15, -0.1) is 0 Å². The monoisotopic (exact) mass is 372 g/mol. The maximum atomic E-state index is 10.5. The van der Waals surface area contributed by atoms with Crippen LogP contribution in [-0.2, 0) is 7.05 Å². The standard InChI is InChI=1S/C18H14Cl2N4O/c1-23-12-7-3-2-6-11(12)22-18(23)15-14(25)9-24(17(15)21)13-8-4-5-10(19)16(13)20/h2-8,21,25H,9H2,1H3. The minimum Gasteiger partial charge on any atom is -0.509 e. The van der Waals surface area contributed by atoms with Crippen molar-refractivity contribution in [3.8, 4) is 0 Å². The molecule has 1 aliphatic heterocycles. The molecule has 2 N–H and O–H groups in total. The maximum Gasteiger partial charge on any atom is 0.148 e. The number of nitrogens with one attached hydrogen (secondary N) is 1. The summed E-state index contributed by atoms with van der Waals surface area (Å²) < 4.78 is 1.87. The number of hydrogen-bond acceptors (Lipinski definition) is 3. The third-order valence-corrected chi connectivity index (χ3v) is 5.14. The molecular weight excluding hydrogens is 359 g/mol. The number of aryl methyl sites for hydroxylation is 1. The largest absolute Gasteiger partial charge is 0.509 e. The van der Waals surface area contributed by atoms with Gasteiger partial charge in [-0.2, -0.15) is 0 Å². The fourth-order valence-corrected chi connectivity index (χ4v) is 3.49. The predicted molar refractivity (Wildman–Crippen MR) is 102 cm³/mol. The molecule has 1 aliphatic rings. The first-order valence-electron chi connectivity index (χ1n) is 7.63. The van der Waals surface area contributed by atoms with Crippen molar-refractivity contribution >= 4 is 51.3 Å². The molecule has 0 spiro atoms. The smallest absolute Gasteiger partial charge is 0.148 e. The molecule has 7 heteroatoms. The minimum atomic E-state index is 0.0828. The van der Waals surface area contributed by atoms with Crippen molar-refractivity contribution < 1.29 is 5.11 Å². The van der Waals surface area contributed by atoms with Crippen LogP contribution in [0.25, 0.3) is 16.6 Å². The molecular formula is C18H14Cl2N4O. The van der Waals surface area contributed by atoms with Crippen LogP contribution < -0.4 is 4.90 Å². The van der Waals surface area contributed by atoms with E-state index in [9.17, 15) is 5.11 Å². The highest BCUT2D eigenvalue weighted by Gasteiger charge is 2.33. The fourth-order valence-electron chi connectivity index (χ4n) is 3.09. The number of aliphatic hydroxyl groups is 1. The van der Waals surface area contributed by atoms with Crippen LogP contribution in [0.4, 0.5) is 5.69 Å². The van der Waals surface area contributed by atoms with Gasteiger partial charge >= 0.3 is 0 Å². The van der Waals surface area contributed by atoms with Crippen molar-refractivity contribution in [1.82, 2.24) is 9.55 Å². The Morgan fingerprint density at radius 3 is 2.64 bits per heavy atom. The molecule has 5 nitrogen and oxygen atoms in total. The highest BCUT2D eigenvalue weighted by molar-refractivity contribution is 6.44. The number of hydrogen-bond donors (Lipinski definition) is 2. The first kappa shape index (κ1) is 16.0. The van der Waals surface area contributed by atoms with Gasteiger partial charge in [-0.3, -0.25) is 5.41 Å². The van der Waals surface area contributed by atoms with Crippen molar-refractivity contribution in [2.75, 3.05) is 11.4 Å². The summed E-state index contributed by atoms with van der Waals surface area (Å²) in [6.45, 7) is 0.150. The number of nitrogens with zero attached hydrogens (tertiary/aromatic N) is 3. The van der Waals surface area contributed by atoms with Gasteiger partial charge in [0, 0.05) is 7.05 Å². The van der Waals surface area contributed by atoms with E-state index in [2.05, 4.69) is 4.98 Å². The highest BCUT2D eigenvalue weighted by atomic mass is 35.5. The summed E-state index contributed by atoms with van der Waals surface area (Å²) in [6, 6.07) is 12.9. The van der Waals surface area contributed by atoms with Crippen LogP contribution in [0.2, 0.25) is 10.0 Å². The quantitative estimate of drug-likeness (QED) is 0.688. The van der Waals surface area contributed by atoms with E-state index >= 15 is 0 Å². The lowest BCUT2D eigenvalue weighted by Crippen LogP contribution is -2.26. The van der Waals surface area contributed by atoms with Gasteiger partial charge in [0.05, 0.1) is 38.9 Å². The molecule has 1 aromatic heterocycles. The second-order valence-corrected chi connectivity index (χ2v) is 6.60. The van der Waals surface area contributed by atoms with E-state index in [4.69, 9.17) is 28.6 Å². The lowest BCUT2D eigenvalue weighted by molar-refractivity contribution is 0.411. The molecule has 0 amide bonds. The van der Waals surface area contributed by atoms with Crippen molar-refractivity contribution in [1.29, 1.82) is 5.41 Å². The third kappa shape index (κ3) is 2.39. The number of anilines is 1. The SMILES string of the molecule is Cn1c(C2=C(O)CN(c3cccc(Cl)c3Cl)C2=N)nc2ccccc21. The second kappa shape index (κ2) is 5.79. The number of amidine groups is 1. The molecule has 0 fully saturated rings. The van der Waals surface area contributed by atoms with E-state index in [1.165, 1.54) is 0 Å². The molecule has 126 valence electrons. The molecule has 0 aliphatic carbocycles. The number of fused-ring (bicyclic) bond motifs is 1. The van der Waals surface area contributed by atoms with Gasteiger partial charge in [-0.25, -0.2) is 4.98 Å². The van der Waals surface area contributed by atoms with E-state index in [0.29, 0.717) is 27.1 Å². The molecule has 0 unspecified atom stereocenters. The van der Waals surface area contributed by atoms with Crippen molar-refractivity contribution in [3.05, 3.63) is 64.1 Å². The Balaban J connectivity index is 1.81.